The Labute approximate surface area is 231 Å². The van der Waals surface area contributed by atoms with E-state index in [9.17, 15) is 28.3 Å². The number of halogens is 2. The smallest absolute Gasteiger partial charge is 0.407 e. The maximum atomic E-state index is 13.0. The van der Waals surface area contributed by atoms with Gasteiger partial charge in [0.15, 0.2) is 29.8 Å². The van der Waals surface area contributed by atoms with Crippen molar-refractivity contribution < 1.29 is 37.7 Å². The van der Waals surface area contributed by atoms with E-state index >= 15 is 0 Å². The van der Waals surface area contributed by atoms with Crippen LogP contribution in [0.2, 0.25) is 0 Å². The zero-order valence-electron chi connectivity index (χ0n) is 19.7. The molecule has 39 heavy (non-hydrogen) atoms. The number of thiazole rings is 1. The van der Waals surface area contributed by atoms with Crippen LogP contribution in [0.25, 0.3) is 10.1 Å². The van der Waals surface area contributed by atoms with Crippen molar-refractivity contribution in [3.63, 3.8) is 0 Å². The number of pyridine rings is 1. The van der Waals surface area contributed by atoms with Crippen LogP contribution < -0.4 is 15.6 Å². The van der Waals surface area contributed by atoms with E-state index in [2.05, 4.69) is 20.3 Å². The molecule has 0 aliphatic carbocycles. The van der Waals surface area contributed by atoms with Gasteiger partial charge in [0.05, 0.1) is 11.4 Å². The second kappa shape index (κ2) is 11.1. The Balaban J connectivity index is 1.30. The number of aliphatic carboxylic acids is 1. The minimum atomic E-state index is -3.29. The minimum absolute atomic E-state index is 0.0689. The lowest BCUT2D eigenvalue weighted by Crippen LogP contribution is -2.73. The molecule has 4 N–H and O–H groups in total. The first-order valence-electron chi connectivity index (χ1n) is 11.2. The van der Waals surface area contributed by atoms with E-state index in [1.54, 1.807) is 23.5 Å². The van der Waals surface area contributed by atoms with E-state index < -0.39 is 42.2 Å². The molecule has 0 bridgehead atoms. The van der Waals surface area contributed by atoms with Gasteiger partial charge in [-0.1, -0.05) is 5.16 Å². The number of oxime groups is 1. The Morgan fingerprint density at radius 3 is 2.92 bits per heavy atom. The number of carboxylic acids is 1. The summed E-state index contributed by atoms with van der Waals surface area (Å²) in [4.78, 5) is 47.2. The summed E-state index contributed by atoms with van der Waals surface area (Å²) in [5.74, 6) is -2.63. The number of nitrogens with zero attached hydrogens (tertiary/aromatic N) is 4. The van der Waals surface area contributed by atoms with Crippen LogP contribution in [0.15, 0.2) is 63.2 Å². The Morgan fingerprint density at radius 1 is 1.38 bits per heavy atom. The average Bonchev–Trinajstić information content (AvgIpc) is 3.55. The van der Waals surface area contributed by atoms with Crippen molar-refractivity contribution in [2.24, 2.45) is 5.16 Å². The van der Waals surface area contributed by atoms with Gasteiger partial charge in [0, 0.05) is 26.8 Å². The minimum Gasteiger partial charge on any atom is -0.477 e. The van der Waals surface area contributed by atoms with Crippen LogP contribution in [0.5, 0.6) is 0 Å². The highest BCUT2D eigenvalue weighted by Crippen LogP contribution is 2.39. The maximum Gasteiger partial charge on any atom is 0.407 e. The normalized spacial score (nSPS) is 19.5. The molecule has 2 atom stereocenters. The second-order valence-electron chi connectivity index (χ2n) is 8.22. The van der Waals surface area contributed by atoms with E-state index in [-0.39, 0.29) is 16.5 Å². The predicted octanol–water partition coefficient (Wildman–Crippen LogP) is 2.17. The standard InChI is InChI=1S/C23H18F2N6O5S3/c24-22(25)36-29-16(12-9-39-23(26)27-12)19(32)28-17-13-10-38-15(18(21(34)35)31(13)20(17)33)2-1-5-30-6-3-14-11(8-30)4-7-37-14/h1-4,6-9,13,17,22H,5,10H2,(H3-,26,27,28,32,34,35)/p+1/b2-1+,29-16?. The SMILES string of the molecule is Nc1nc(C(=NOC(F)F)C(=O)NC2C(=O)N3C(C(=O)O)=C(/C=C/C[n+]4ccc5sccc5c4)SCC23)cs1. The fourth-order valence-corrected chi connectivity index (χ4v) is 6.62. The van der Waals surface area contributed by atoms with Crippen LogP contribution in [0.1, 0.15) is 5.69 Å². The number of allylic oxidation sites excluding steroid dienone is 2. The lowest BCUT2D eigenvalue weighted by molar-refractivity contribution is -0.685. The number of hydrogen-bond donors (Lipinski definition) is 3. The predicted molar refractivity (Wildman–Crippen MR) is 141 cm³/mol. The van der Waals surface area contributed by atoms with Gasteiger partial charge >= 0.3 is 12.6 Å². The summed E-state index contributed by atoms with van der Waals surface area (Å²) in [6.07, 6.45) is 7.38. The number of nitrogen functional groups attached to an aromatic ring is 1. The number of nitrogens with one attached hydrogen (secondary N) is 1. The maximum absolute atomic E-state index is 13.0. The molecule has 202 valence electrons. The Morgan fingerprint density at radius 2 is 2.21 bits per heavy atom. The number of thiophene rings is 1. The van der Waals surface area contributed by atoms with Crippen molar-refractivity contribution in [2.75, 3.05) is 11.5 Å². The first-order valence-corrected chi connectivity index (χ1v) is 14.0. The molecule has 5 heterocycles. The monoisotopic (exact) mass is 593 g/mol. The fourth-order valence-electron chi connectivity index (χ4n) is 4.10. The number of aromatic nitrogens is 2. The number of hydrogen-bond acceptors (Lipinski definition) is 10. The van der Waals surface area contributed by atoms with Crippen molar-refractivity contribution in [3.05, 3.63) is 63.7 Å². The average molecular weight is 594 g/mol. The third kappa shape index (κ3) is 5.48. The van der Waals surface area contributed by atoms with Gasteiger partial charge in [-0.3, -0.25) is 14.5 Å². The second-order valence-corrected chi connectivity index (χ2v) is 11.1. The molecular formula is C23H19F2N6O5S3+. The molecule has 2 aliphatic rings. The molecule has 5 rings (SSSR count). The number of β-lactam (4-membered cyclic amide) rings is 1. The van der Waals surface area contributed by atoms with E-state index in [0.29, 0.717) is 17.2 Å². The number of alkyl halides is 2. The molecule has 0 aromatic carbocycles. The number of nitrogens with two attached hydrogens (primary N) is 1. The summed E-state index contributed by atoms with van der Waals surface area (Å²) >= 11 is 3.83. The molecule has 1 saturated heterocycles. The molecular weight excluding hydrogens is 574 g/mol. The molecule has 2 unspecified atom stereocenters. The summed E-state index contributed by atoms with van der Waals surface area (Å²) in [6.45, 7) is -2.80. The van der Waals surface area contributed by atoms with Crippen LogP contribution in [-0.2, 0) is 25.8 Å². The summed E-state index contributed by atoms with van der Waals surface area (Å²) in [5, 5.41) is 20.0. The first-order chi connectivity index (χ1) is 18.7. The lowest BCUT2D eigenvalue weighted by atomic mass is 9.94. The number of rotatable bonds is 9. The number of thioether (sulfide) groups is 1. The lowest BCUT2D eigenvalue weighted by Gasteiger charge is -2.49. The van der Waals surface area contributed by atoms with Crippen molar-refractivity contribution in [2.45, 2.75) is 25.2 Å². The number of carbonyl (C=O) groups is 3. The summed E-state index contributed by atoms with van der Waals surface area (Å²) in [7, 11) is 0. The number of fused-ring (bicyclic) bond motifs is 2. The molecule has 16 heteroatoms. The van der Waals surface area contributed by atoms with Crippen molar-refractivity contribution in [3.8, 4) is 0 Å². The highest BCUT2D eigenvalue weighted by Gasteiger charge is 2.54. The number of amides is 2. The van der Waals surface area contributed by atoms with Crippen LogP contribution in [0.4, 0.5) is 13.9 Å². The summed E-state index contributed by atoms with van der Waals surface area (Å²) in [5.41, 5.74) is 4.68. The number of carboxylic acid groups (broad SMARTS) is 1. The van der Waals surface area contributed by atoms with Crippen LogP contribution in [-0.4, -0.2) is 62.9 Å². The molecule has 3 aromatic rings. The molecule has 11 nitrogen and oxygen atoms in total. The molecule has 3 aromatic heterocycles. The zero-order valence-corrected chi connectivity index (χ0v) is 22.1. The van der Waals surface area contributed by atoms with Crippen molar-refractivity contribution in [1.82, 2.24) is 15.2 Å². The van der Waals surface area contributed by atoms with E-state index in [1.165, 1.54) is 17.1 Å². The van der Waals surface area contributed by atoms with Crippen LogP contribution in [0.3, 0.4) is 0 Å². The highest BCUT2D eigenvalue weighted by atomic mass is 32.2. The summed E-state index contributed by atoms with van der Waals surface area (Å²) in [6, 6.07) is 2.26. The third-order valence-electron chi connectivity index (χ3n) is 5.83. The largest absolute Gasteiger partial charge is 0.477 e. The first kappa shape index (κ1) is 26.7. The van der Waals surface area contributed by atoms with Gasteiger partial charge in [0.2, 0.25) is 0 Å². The summed E-state index contributed by atoms with van der Waals surface area (Å²) < 4.78 is 28.2. The van der Waals surface area contributed by atoms with Crippen molar-refractivity contribution in [1.29, 1.82) is 0 Å². The highest BCUT2D eigenvalue weighted by molar-refractivity contribution is 8.03. The molecule has 0 radical (unpaired) electrons. The van der Waals surface area contributed by atoms with Gasteiger partial charge in [-0.2, -0.15) is 8.78 Å². The van der Waals surface area contributed by atoms with E-state index in [1.807, 2.05) is 34.5 Å². The van der Waals surface area contributed by atoms with Crippen molar-refractivity contribution >= 4 is 73.1 Å². The molecule has 1 fully saturated rings. The van der Waals surface area contributed by atoms with Gasteiger partial charge in [-0.15, -0.1) is 34.4 Å². The van der Waals surface area contributed by atoms with Gasteiger partial charge in [-0.25, -0.2) is 14.3 Å². The van der Waals surface area contributed by atoms with E-state index in [0.717, 1.165) is 26.3 Å². The fraction of sp³-hybridized carbons (Fsp3) is 0.217. The molecule has 2 amide bonds. The van der Waals surface area contributed by atoms with Gasteiger partial charge in [0.1, 0.15) is 17.4 Å². The van der Waals surface area contributed by atoms with Crippen LogP contribution >= 0.6 is 34.4 Å². The molecule has 0 spiro atoms. The quantitative estimate of drug-likeness (QED) is 0.148. The number of carbonyl (C=O) groups excluding carboxylic acids is 2. The zero-order chi connectivity index (χ0) is 27.7. The molecule has 2 aliphatic heterocycles. The van der Waals surface area contributed by atoms with Gasteiger partial charge in [0.25, 0.3) is 11.8 Å². The topological polar surface area (TPSA) is 151 Å². The van der Waals surface area contributed by atoms with E-state index in [4.69, 9.17) is 5.73 Å². The Hall–Kier alpha value is -3.89. The van der Waals surface area contributed by atoms with Crippen LogP contribution in [0, 0.1) is 0 Å². The molecule has 0 saturated carbocycles. The Kier molecular flexibility index (Phi) is 7.58. The third-order valence-corrected chi connectivity index (χ3v) is 8.55. The van der Waals surface area contributed by atoms with Gasteiger partial charge in [-0.05, 0) is 23.6 Å². The van der Waals surface area contributed by atoms with Gasteiger partial charge < -0.3 is 21.0 Å². The number of anilines is 1. The Bertz CT molecular complexity index is 1550.